The zero-order valence-electron chi connectivity index (χ0n) is 9.71. The molecule has 3 rings (SSSR count). The van der Waals surface area contributed by atoms with Crippen molar-refractivity contribution in [3.05, 3.63) is 0 Å². The van der Waals surface area contributed by atoms with E-state index in [-0.39, 0.29) is 0 Å². The highest BCUT2D eigenvalue weighted by Gasteiger charge is 2.42. The van der Waals surface area contributed by atoms with Gasteiger partial charge in [-0.3, -0.25) is 4.90 Å². The van der Waals surface area contributed by atoms with Crippen molar-refractivity contribution < 1.29 is 4.74 Å². The Morgan fingerprint density at radius 2 is 1.93 bits per heavy atom. The van der Waals surface area contributed by atoms with E-state index in [0.29, 0.717) is 5.41 Å². The largest absolute Gasteiger partial charge is 0.381 e. The molecule has 0 aromatic carbocycles. The van der Waals surface area contributed by atoms with Crippen LogP contribution in [0.15, 0.2) is 0 Å². The molecular formula is C13H23NO. The van der Waals surface area contributed by atoms with Gasteiger partial charge in [-0.05, 0) is 32.2 Å². The van der Waals surface area contributed by atoms with Crippen molar-refractivity contribution >= 4 is 0 Å². The van der Waals surface area contributed by atoms with Crippen molar-refractivity contribution in [2.45, 2.75) is 51.0 Å². The lowest BCUT2D eigenvalue weighted by Gasteiger charge is -2.32. The molecule has 15 heavy (non-hydrogen) atoms. The third-order valence-electron chi connectivity index (χ3n) is 4.74. The van der Waals surface area contributed by atoms with E-state index in [1.807, 2.05) is 0 Å². The molecule has 1 saturated carbocycles. The van der Waals surface area contributed by atoms with Crippen LogP contribution in [0, 0.1) is 5.41 Å². The fourth-order valence-electron chi connectivity index (χ4n) is 3.70. The second-order valence-corrected chi connectivity index (χ2v) is 5.81. The molecule has 2 saturated heterocycles. The van der Waals surface area contributed by atoms with Gasteiger partial charge in [0.25, 0.3) is 0 Å². The Hall–Kier alpha value is -0.0800. The number of hydrogen-bond donors (Lipinski definition) is 0. The minimum atomic E-state index is 0.567. The number of likely N-dealkylation sites (tertiary alicyclic amines) is 1. The summed E-state index contributed by atoms with van der Waals surface area (Å²) in [5.74, 6) is 0. The lowest BCUT2D eigenvalue weighted by Crippen LogP contribution is -2.37. The van der Waals surface area contributed by atoms with Crippen molar-refractivity contribution in [3.8, 4) is 0 Å². The number of rotatable bonds is 1. The molecule has 1 aliphatic carbocycles. The maximum atomic E-state index is 5.59. The van der Waals surface area contributed by atoms with Crippen molar-refractivity contribution in [3.63, 3.8) is 0 Å². The van der Waals surface area contributed by atoms with Crippen molar-refractivity contribution in [1.29, 1.82) is 0 Å². The van der Waals surface area contributed by atoms with Crippen molar-refractivity contribution in [2.24, 2.45) is 5.41 Å². The Morgan fingerprint density at radius 3 is 2.67 bits per heavy atom. The fourth-order valence-corrected chi connectivity index (χ4v) is 3.70. The summed E-state index contributed by atoms with van der Waals surface area (Å²) in [4.78, 5) is 2.77. The van der Waals surface area contributed by atoms with Gasteiger partial charge >= 0.3 is 0 Å². The van der Waals surface area contributed by atoms with E-state index in [2.05, 4.69) is 4.90 Å². The van der Waals surface area contributed by atoms with E-state index in [9.17, 15) is 0 Å². The standard InChI is InChI=1S/C13H23NO/c1-2-4-12(5-3-1)14-8-6-13(10-14)7-9-15-11-13/h12H,1-11H2/t13-/m0/s1. The third-order valence-corrected chi connectivity index (χ3v) is 4.74. The molecule has 0 aromatic heterocycles. The van der Waals surface area contributed by atoms with Crippen LogP contribution in [0.2, 0.25) is 0 Å². The van der Waals surface area contributed by atoms with Crippen LogP contribution in [0.25, 0.3) is 0 Å². The highest BCUT2D eigenvalue weighted by molar-refractivity contribution is 4.95. The predicted molar refractivity (Wildman–Crippen MR) is 60.9 cm³/mol. The van der Waals surface area contributed by atoms with Gasteiger partial charge in [0.05, 0.1) is 6.61 Å². The van der Waals surface area contributed by atoms with Crippen molar-refractivity contribution in [2.75, 3.05) is 26.3 Å². The molecule has 2 heterocycles. The fraction of sp³-hybridized carbons (Fsp3) is 1.00. The summed E-state index contributed by atoms with van der Waals surface area (Å²) in [6.45, 7) is 4.72. The van der Waals surface area contributed by atoms with Crippen LogP contribution in [-0.2, 0) is 4.74 Å². The lowest BCUT2D eigenvalue weighted by atomic mass is 9.86. The van der Waals surface area contributed by atoms with Gasteiger partial charge in [-0.1, -0.05) is 19.3 Å². The summed E-state index contributed by atoms with van der Waals surface area (Å²) < 4.78 is 5.59. The van der Waals surface area contributed by atoms with Gasteiger partial charge in [0.15, 0.2) is 0 Å². The Labute approximate surface area is 93.0 Å². The van der Waals surface area contributed by atoms with Crippen LogP contribution >= 0.6 is 0 Å². The van der Waals surface area contributed by atoms with Gasteiger partial charge in [0, 0.05) is 24.6 Å². The Kier molecular flexibility index (Phi) is 2.73. The number of ether oxygens (including phenoxy) is 1. The molecular weight excluding hydrogens is 186 g/mol. The molecule has 0 aromatic rings. The van der Waals surface area contributed by atoms with E-state index in [1.165, 1.54) is 58.0 Å². The molecule has 2 aliphatic heterocycles. The summed E-state index contributed by atoms with van der Waals surface area (Å²) in [6, 6.07) is 0.915. The molecule has 86 valence electrons. The smallest absolute Gasteiger partial charge is 0.0536 e. The Balaban J connectivity index is 1.60. The van der Waals surface area contributed by atoms with Gasteiger partial charge < -0.3 is 4.74 Å². The molecule has 3 fully saturated rings. The number of nitrogens with zero attached hydrogens (tertiary/aromatic N) is 1. The second-order valence-electron chi connectivity index (χ2n) is 5.81. The summed E-state index contributed by atoms with van der Waals surface area (Å²) in [5, 5.41) is 0. The summed E-state index contributed by atoms with van der Waals surface area (Å²) in [7, 11) is 0. The zero-order chi connectivity index (χ0) is 10.1. The van der Waals surface area contributed by atoms with Gasteiger partial charge in [0.2, 0.25) is 0 Å². The molecule has 2 heteroatoms. The van der Waals surface area contributed by atoms with Crippen LogP contribution in [0.1, 0.15) is 44.9 Å². The van der Waals surface area contributed by atoms with E-state index >= 15 is 0 Å². The van der Waals surface area contributed by atoms with Crippen LogP contribution in [0.5, 0.6) is 0 Å². The molecule has 1 atom stereocenters. The Morgan fingerprint density at radius 1 is 1.07 bits per heavy atom. The van der Waals surface area contributed by atoms with Crippen molar-refractivity contribution in [1.82, 2.24) is 4.90 Å². The van der Waals surface area contributed by atoms with Gasteiger partial charge in [-0.15, -0.1) is 0 Å². The average molecular weight is 209 g/mol. The first-order chi connectivity index (χ1) is 7.38. The lowest BCUT2D eigenvalue weighted by molar-refractivity contribution is 0.135. The normalized spacial score (nSPS) is 39.2. The highest BCUT2D eigenvalue weighted by Crippen LogP contribution is 2.40. The molecule has 0 radical (unpaired) electrons. The zero-order valence-corrected chi connectivity index (χ0v) is 9.71. The molecule has 0 unspecified atom stereocenters. The first-order valence-electron chi connectivity index (χ1n) is 6.70. The summed E-state index contributed by atoms with van der Waals surface area (Å²) in [6.07, 6.45) is 10.0. The summed E-state index contributed by atoms with van der Waals surface area (Å²) in [5.41, 5.74) is 0.567. The van der Waals surface area contributed by atoms with Crippen LogP contribution in [-0.4, -0.2) is 37.2 Å². The van der Waals surface area contributed by atoms with Crippen LogP contribution < -0.4 is 0 Å². The van der Waals surface area contributed by atoms with E-state index in [0.717, 1.165) is 19.3 Å². The third kappa shape index (κ3) is 1.94. The first kappa shape index (κ1) is 10.1. The molecule has 1 spiro atoms. The first-order valence-corrected chi connectivity index (χ1v) is 6.70. The average Bonchev–Trinajstić information content (AvgIpc) is 2.91. The molecule has 0 bridgehead atoms. The van der Waals surface area contributed by atoms with Gasteiger partial charge in [-0.25, -0.2) is 0 Å². The maximum absolute atomic E-state index is 5.59. The van der Waals surface area contributed by atoms with E-state index < -0.39 is 0 Å². The van der Waals surface area contributed by atoms with Gasteiger partial charge in [-0.2, -0.15) is 0 Å². The topological polar surface area (TPSA) is 12.5 Å². The van der Waals surface area contributed by atoms with Gasteiger partial charge in [0.1, 0.15) is 0 Å². The molecule has 0 amide bonds. The monoisotopic (exact) mass is 209 g/mol. The highest BCUT2D eigenvalue weighted by atomic mass is 16.5. The van der Waals surface area contributed by atoms with Crippen LogP contribution in [0.3, 0.4) is 0 Å². The Bertz CT molecular complexity index is 217. The SMILES string of the molecule is C1CCC(N2CC[C@]3(CCOC3)C2)CC1. The second kappa shape index (κ2) is 4.06. The van der Waals surface area contributed by atoms with Crippen LogP contribution in [0.4, 0.5) is 0 Å². The number of hydrogen-bond acceptors (Lipinski definition) is 2. The molecule has 3 aliphatic rings. The summed E-state index contributed by atoms with van der Waals surface area (Å²) >= 11 is 0. The maximum Gasteiger partial charge on any atom is 0.0536 e. The predicted octanol–water partition coefficient (Wildman–Crippen LogP) is 2.43. The quantitative estimate of drug-likeness (QED) is 0.657. The molecule has 0 N–H and O–H groups in total. The van der Waals surface area contributed by atoms with E-state index in [1.54, 1.807) is 0 Å². The minimum absolute atomic E-state index is 0.567. The minimum Gasteiger partial charge on any atom is -0.381 e. The van der Waals surface area contributed by atoms with E-state index in [4.69, 9.17) is 4.74 Å². The molecule has 2 nitrogen and oxygen atoms in total.